The second-order valence-electron chi connectivity index (χ2n) is 15.2. The number of nitrogens with zero attached hydrogens (tertiary/aromatic N) is 2. The van der Waals surface area contributed by atoms with Gasteiger partial charge < -0.3 is 0 Å². The van der Waals surface area contributed by atoms with Gasteiger partial charge in [0.2, 0.25) is 0 Å². The third kappa shape index (κ3) is 2.63. The minimum absolute atomic E-state index is 0.154. The van der Waals surface area contributed by atoms with Crippen LogP contribution in [0.3, 0.4) is 0 Å². The molecular formula is C45H25BN2Se2. The predicted molar refractivity (Wildman–Crippen MR) is 215 cm³/mol. The summed E-state index contributed by atoms with van der Waals surface area (Å²) in [5.74, 6) is 0. The molecule has 7 aromatic carbocycles. The van der Waals surface area contributed by atoms with Gasteiger partial charge >= 0.3 is 302 Å². The van der Waals surface area contributed by atoms with Crippen LogP contribution in [0.5, 0.6) is 0 Å². The van der Waals surface area contributed by atoms with Gasteiger partial charge in [-0.05, 0) is 0 Å². The zero-order valence-corrected chi connectivity index (χ0v) is 30.7. The van der Waals surface area contributed by atoms with E-state index < -0.39 is 0 Å². The third-order valence-electron chi connectivity index (χ3n) is 12.7. The molecule has 0 bridgehead atoms. The van der Waals surface area contributed by atoms with Crippen LogP contribution in [0.1, 0.15) is 25.0 Å². The Morgan fingerprint density at radius 2 is 0.900 bits per heavy atom. The summed E-state index contributed by atoms with van der Waals surface area (Å²) in [5, 5.41) is 11.3. The number of benzene rings is 7. The summed E-state index contributed by atoms with van der Waals surface area (Å²) in [6.45, 7) is 5.35. The van der Waals surface area contributed by atoms with Crippen molar-refractivity contribution in [2.75, 3.05) is 0 Å². The molecule has 0 unspecified atom stereocenters. The summed E-state index contributed by atoms with van der Waals surface area (Å²) in [6, 6.07) is 44.7. The Bertz CT molecular complexity index is 3200. The Kier molecular flexibility index (Phi) is 4.30. The first-order valence-electron chi connectivity index (χ1n) is 17.6. The zero-order valence-electron chi connectivity index (χ0n) is 27.3. The van der Waals surface area contributed by atoms with Crippen LogP contribution >= 0.6 is 0 Å². The van der Waals surface area contributed by atoms with E-state index in [1.807, 2.05) is 0 Å². The van der Waals surface area contributed by atoms with Gasteiger partial charge in [0, 0.05) is 0 Å². The molecule has 4 aromatic heterocycles. The first kappa shape index (κ1) is 26.1. The van der Waals surface area contributed by atoms with Gasteiger partial charge in [0.15, 0.2) is 0 Å². The fourth-order valence-electron chi connectivity index (χ4n) is 10.7. The van der Waals surface area contributed by atoms with Crippen molar-refractivity contribution in [1.29, 1.82) is 0 Å². The Morgan fingerprint density at radius 1 is 0.460 bits per heavy atom. The van der Waals surface area contributed by atoms with Crippen molar-refractivity contribution in [3.63, 3.8) is 0 Å². The molecule has 2 nitrogen and oxygen atoms in total. The fraction of sp³-hybridized carbons (Fsp3) is 0.0667. The maximum absolute atomic E-state index is 2.64. The number of fused-ring (bicyclic) bond motifs is 14. The van der Waals surface area contributed by atoms with E-state index in [-0.39, 0.29) is 42.0 Å². The van der Waals surface area contributed by atoms with Crippen LogP contribution in [0, 0.1) is 0 Å². The number of para-hydroxylation sites is 4. The Hall–Kier alpha value is -4.76. The van der Waals surface area contributed by atoms with Crippen LogP contribution in [0.2, 0.25) is 0 Å². The second kappa shape index (κ2) is 8.23. The van der Waals surface area contributed by atoms with Crippen LogP contribution in [-0.4, -0.2) is 45.4 Å². The molecule has 3 aliphatic heterocycles. The molecule has 0 fully saturated rings. The van der Waals surface area contributed by atoms with Gasteiger partial charge in [0.1, 0.15) is 0 Å². The van der Waals surface area contributed by atoms with Crippen molar-refractivity contribution in [3.8, 4) is 0 Å². The van der Waals surface area contributed by atoms with Gasteiger partial charge in [-0.1, -0.05) is 0 Å². The van der Waals surface area contributed by atoms with E-state index in [1.165, 1.54) is 87.3 Å². The molecule has 230 valence electrons. The molecule has 14 rings (SSSR count). The summed E-state index contributed by atoms with van der Waals surface area (Å²) >= 11 is 0.444. The topological polar surface area (TPSA) is 8.82 Å². The van der Waals surface area contributed by atoms with Gasteiger partial charge in [-0.2, -0.15) is 0 Å². The predicted octanol–water partition coefficient (Wildman–Crippen LogP) is 5.08. The van der Waals surface area contributed by atoms with Crippen LogP contribution in [0.15, 0.2) is 115 Å². The van der Waals surface area contributed by atoms with Crippen LogP contribution in [0.4, 0.5) is 0 Å². The van der Waals surface area contributed by atoms with Crippen molar-refractivity contribution in [2.45, 2.75) is 19.3 Å². The SMILES string of the molecule is CC1(C)c2cc3c(c4c2B2c5c(cccc5[Se]c5c2c1cc1c5c2cccc5c6ccccc6n1c52)[Se]4)c1cccc2c4ccccc4n3c21. The van der Waals surface area contributed by atoms with Gasteiger partial charge in [-0.15, -0.1) is 0 Å². The van der Waals surface area contributed by atoms with Gasteiger partial charge in [-0.3, -0.25) is 0 Å². The number of rotatable bonds is 0. The molecule has 0 saturated heterocycles. The van der Waals surface area contributed by atoms with Crippen molar-refractivity contribution < 1.29 is 0 Å². The molecule has 0 spiro atoms. The standard InChI is InChI=1S/C45H25BN2Se2/c1-45(2)28-20-32-36(26-14-7-12-24-22-10-3-5-16-30(22)47(32)41(24)26)43-38(28)46-39-29(45)21-33-37(44(39)50-35-19-9-18-34(49-43)40(35)46)27-15-8-13-25-23-11-4-6-17-31(23)48(33)42(25)27/h3-21H,1-2H3. The van der Waals surface area contributed by atoms with E-state index >= 15 is 0 Å². The summed E-state index contributed by atoms with van der Waals surface area (Å²) in [5.41, 5.74) is 16.0. The summed E-state index contributed by atoms with van der Waals surface area (Å²) < 4.78 is 11.7. The molecule has 0 aliphatic carbocycles. The van der Waals surface area contributed by atoms with Crippen molar-refractivity contribution in [1.82, 2.24) is 8.80 Å². The molecule has 50 heavy (non-hydrogen) atoms. The van der Waals surface area contributed by atoms with E-state index in [9.17, 15) is 0 Å². The first-order valence-corrected chi connectivity index (χ1v) is 21.0. The maximum atomic E-state index is 2.64. The zero-order chi connectivity index (χ0) is 32.4. The van der Waals surface area contributed by atoms with Crippen LogP contribution in [0.25, 0.3) is 76.2 Å². The second-order valence-corrected chi connectivity index (χ2v) is 19.6. The first-order chi connectivity index (χ1) is 24.6. The van der Waals surface area contributed by atoms with E-state index in [0.29, 0.717) is 0 Å². The molecule has 11 aromatic rings. The fourth-order valence-corrected chi connectivity index (χ4v) is 16.8. The van der Waals surface area contributed by atoms with E-state index in [4.69, 9.17) is 0 Å². The quantitative estimate of drug-likeness (QED) is 0.191. The molecular weight excluding hydrogens is 737 g/mol. The molecule has 0 atom stereocenters. The molecule has 0 radical (unpaired) electrons. The Balaban J connectivity index is 1.22. The van der Waals surface area contributed by atoms with E-state index in [2.05, 4.69) is 138 Å². The van der Waals surface area contributed by atoms with Gasteiger partial charge in [-0.25, -0.2) is 0 Å². The molecule has 3 aliphatic rings. The molecule has 0 saturated carbocycles. The number of hydrogen-bond acceptors (Lipinski definition) is 0. The van der Waals surface area contributed by atoms with Crippen molar-refractivity contribution >= 4 is 147 Å². The van der Waals surface area contributed by atoms with Crippen molar-refractivity contribution in [3.05, 3.63) is 126 Å². The Labute approximate surface area is 299 Å². The van der Waals surface area contributed by atoms with Gasteiger partial charge in [0.05, 0.1) is 0 Å². The molecule has 0 amide bonds. The monoisotopic (exact) mass is 764 g/mol. The van der Waals surface area contributed by atoms with Gasteiger partial charge in [0.25, 0.3) is 0 Å². The minimum atomic E-state index is -0.154. The summed E-state index contributed by atoms with van der Waals surface area (Å²) in [7, 11) is 0. The Morgan fingerprint density at radius 3 is 1.42 bits per heavy atom. The number of aromatic nitrogens is 2. The van der Waals surface area contributed by atoms with E-state index in [1.54, 1.807) is 34.2 Å². The van der Waals surface area contributed by atoms with E-state index in [0.717, 1.165) is 0 Å². The van der Waals surface area contributed by atoms with Crippen molar-refractivity contribution in [2.24, 2.45) is 0 Å². The molecule has 0 N–H and O–H groups in total. The molecule has 7 heterocycles. The van der Waals surface area contributed by atoms with Crippen LogP contribution < -0.4 is 34.2 Å². The summed E-state index contributed by atoms with van der Waals surface area (Å²) in [4.78, 5) is 0. The molecule has 5 heteroatoms. The normalized spacial score (nSPS) is 15.8. The average molecular weight is 762 g/mol. The number of hydrogen-bond donors (Lipinski definition) is 0. The third-order valence-corrected chi connectivity index (χ3v) is 17.7. The van der Waals surface area contributed by atoms with Crippen LogP contribution in [-0.2, 0) is 5.41 Å². The average Bonchev–Trinajstić information content (AvgIpc) is 3.87. The summed E-state index contributed by atoms with van der Waals surface area (Å²) in [6.07, 6.45) is 0.